The number of ether oxygens (including phenoxy) is 2. The standard InChI is InChI=1S/C21H25N5O6/c1-2-31-20(30)15-14-7-8-21(32-14)16(15)19(29)25(9-10-27)17(21)18(28)22-11-26-13-6-4-3-5-12(13)23-24-26/h3-6,14-17,27H,2,7-11H2,1H3,(H,22,28)/t14-,15+,16-,17?,21?/m0/s1. The molecule has 32 heavy (non-hydrogen) atoms. The molecule has 3 aliphatic heterocycles. The van der Waals surface area contributed by atoms with Crippen molar-refractivity contribution in [1.82, 2.24) is 25.2 Å². The number of hydrogen-bond acceptors (Lipinski definition) is 8. The molecule has 3 saturated heterocycles. The van der Waals surface area contributed by atoms with Gasteiger partial charge < -0.3 is 24.8 Å². The second-order valence-electron chi connectivity index (χ2n) is 8.34. The molecule has 5 atom stereocenters. The van der Waals surface area contributed by atoms with Crippen LogP contribution in [0.4, 0.5) is 0 Å². The fourth-order valence-corrected chi connectivity index (χ4v) is 5.59. The molecule has 4 heterocycles. The average Bonchev–Trinajstić information content (AvgIpc) is 3.52. The van der Waals surface area contributed by atoms with Crippen molar-refractivity contribution in [2.45, 2.75) is 44.2 Å². The highest BCUT2D eigenvalue weighted by Crippen LogP contribution is 2.58. The van der Waals surface area contributed by atoms with Gasteiger partial charge in [0.25, 0.3) is 0 Å². The molecule has 2 N–H and O–H groups in total. The van der Waals surface area contributed by atoms with Crippen LogP contribution in [-0.2, 0) is 30.5 Å². The molecule has 3 fully saturated rings. The summed E-state index contributed by atoms with van der Waals surface area (Å²) in [5, 5.41) is 20.5. The maximum atomic E-state index is 13.4. The van der Waals surface area contributed by atoms with E-state index >= 15 is 0 Å². The molecule has 2 bridgehead atoms. The van der Waals surface area contributed by atoms with Crippen LogP contribution in [0, 0.1) is 11.8 Å². The zero-order valence-electron chi connectivity index (χ0n) is 17.6. The van der Waals surface area contributed by atoms with E-state index in [1.807, 2.05) is 24.3 Å². The molecule has 170 valence electrons. The minimum atomic E-state index is -1.11. The molecule has 3 aliphatic rings. The lowest BCUT2D eigenvalue weighted by molar-refractivity contribution is -0.154. The molecule has 2 unspecified atom stereocenters. The molecule has 5 rings (SSSR count). The summed E-state index contributed by atoms with van der Waals surface area (Å²) in [6.07, 6.45) is 0.599. The molecule has 11 nitrogen and oxygen atoms in total. The van der Waals surface area contributed by atoms with Crippen molar-refractivity contribution in [3.8, 4) is 0 Å². The fourth-order valence-electron chi connectivity index (χ4n) is 5.59. The van der Waals surface area contributed by atoms with Gasteiger partial charge in [0.2, 0.25) is 11.8 Å². The normalized spacial score (nSPS) is 30.7. The van der Waals surface area contributed by atoms with Crippen LogP contribution in [-0.4, -0.2) is 80.3 Å². The van der Waals surface area contributed by atoms with E-state index in [4.69, 9.17) is 9.47 Å². The van der Waals surface area contributed by atoms with E-state index in [-0.39, 0.29) is 32.3 Å². The molecule has 2 aromatic rings. The number of para-hydroxylation sites is 1. The Morgan fingerprint density at radius 1 is 1.38 bits per heavy atom. The molecule has 11 heteroatoms. The summed E-state index contributed by atoms with van der Waals surface area (Å²) in [5.41, 5.74) is 0.357. The number of esters is 1. The Balaban J connectivity index is 1.42. The molecule has 1 aromatic heterocycles. The summed E-state index contributed by atoms with van der Waals surface area (Å²) in [6, 6.07) is 6.42. The fraction of sp³-hybridized carbons (Fsp3) is 0.571. The maximum Gasteiger partial charge on any atom is 0.312 e. The number of carbonyl (C=O) groups excluding carboxylic acids is 3. The highest BCUT2D eigenvalue weighted by molar-refractivity contribution is 5.98. The van der Waals surface area contributed by atoms with Gasteiger partial charge in [-0.1, -0.05) is 17.3 Å². The van der Waals surface area contributed by atoms with E-state index in [1.165, 1.54) is 4.90 Å². The first-order valence-electron chi connectivity index (χ1n) is 10.8. The average molecular weight is 443 g/mol. The van der Waals surface area contributed by atoms with Crippen molar-refractivity contribution in [1.29, 1.82) is 0 Å². The third-order valence-electron chi connectivity index (χ3n) is 6.77. The summed E-state index contributed by atoms with van der Waals surface area (Å²) in [5.74, 6) is -2.79. The van der Waals surface area contributed by atoms with Crippen LogP contribution in [0.3, 0.4) is 0 Å². The van der Waals surface area contributed by atoms with Crippen molar-refractivity contribution >= 4 is 28.8 Å². The number of aliphatic hydroxyl groups excluding tert-OH is 1. The summed E-state index contributed by atoms with van der Waals surface area (Å²) >= 11 is 0. The number of nitrogens with zero attached hydrogens (tertiary/aromatic N) is 4. The van der Waals surface area contributed by atoms with Crippen molar-refractivity contribution < 1.29 is 29.0 Å². The zero-order chi connectivity index (χ0) is 22.5. The number of hydrogen-bond donors (Lipinski definition) is 2. The number of carbonyl (C=O) groups is 3. The SMILES string of the molecule is CCOC(=O)[C@@H]1[C@@H]2CCC3(O2)C(C(=O)NCn2nnc4ccccc42)N(CCO)C(=O)[C@H]13. The highest BCUT2D eigenvalue weighted by atomic mass is 16.6. The number of likely N-dealkylation sites (tertiary alicyclic amines) is 1. The number of aromatic nitrogens is 3. The lowest BCUT2D eigenvalue weighted by Crippen LogP contribution is -2.55. The Morgan fingerprint density at radius 3 is 2.97 bits per heavy atom. The minimum absolute atomic E-state index is 0.0228. The molecule has 0 aliphatic carbocycles. The van der Waals surface area contributed by atoms with Crippen LogP contribution in [0.5, 0.6) is 0 Å². The molecule has 1 aromatic carbocycles. The van der Waals surface area contributed by atoms with E-state index in [0.717, 1.165) is 5.52 Å². The molecular formula is C21H25N5O6. The van der Waals surface area contributed by atoms with Gasteiger partial charge in [0.05, 0.1) is 36.7 Å². The Morgan fingerprint density at radius 2 is 2.19 bits per heavy atom. The quantitative estimate of drug-likeness (QED) is 0.544. The Hall–Kier alpha value is -3.05. The molecule has 1 spiro atoms. The summed E-state index contributed by atoms with van der Waals surface area (Å²) in [7, 11) is 0. The predicted molar refractivity (Wildman–Crippen MR) is 109 cm³/mol. The van der Waals surface area contributed by atoms with Gasteiger partial charge in [-0.3, -0.25) is 14.4 Å². The Bertz CT molecular complexity index is 1070. The number of aliphatic hydroxyl groups is 1. The van der Waals surface area contributed by atoms with Crippen LogP contribution >= 0.6 is 0 Å². The van der Waals surface area contributed by atoms with Crippen molar-refractivity contribution in [3.63, 3.8) is 0 Å². The van der Waals surface area contributed by atoms with E-state index in [2.05, 4.69) is 15.6 Å². The third-order valence-corrected chi connectivity index (χ3v) is 6.77. The molecule has 2 amide bonds. The predicted octanol–water partition coefficient (Wildman–Crippen LogP) is -0.565. The monoisotopic (exact) mass is 443 g/mol. The Kier molecular flexibility index (Phi) is 5.09. The van der Waals surface area contributed by atoms with E-state index in [0.29, 0.717) is 18.4 Å². The topological polar surface area (TPSA) is 136 Å². The van der Waals surface area contributed by atoms with Gasteiger partial charge >= 0.3 is 5.97 Å². The van der Waals surface area contributed by atoms with Gasteiger partial charge in [-0.25, -0.2) is 4.68 Å². The van der Waals surface area contributed by atoms with E-state index in [9.17, 15) is 19.5 Å². The van der Waals surface area contributed by atoms with Crippen molar-refractivity contribution in [2.75, 3.05) is 19.8 Å². The second kappa shape index (κ2) is 7.82. The number of fused-ring (bicyclic) bond motifs is 2. The highest BCUT2D eigenvalue weighted by Gasteiger charge is 2.74. The number of rotatable bonds is 7. The van der Waals surface area contributed by atoms with Crippen LogP contribution in [0.2, 0.25) is 0 Å². The van der Waals surface area contributed by atoms with Crippen molar-refractivity contribution in [2.24, 2.45) is 11.8 Å². The molecular weight excluding hydrogens is 418 g/mol. The number of β-amino-alcohol motifs (C(OH)–C–C–N with tert-alkyl or cyclic N) is 1. The first kappa shape index (κ1) is 20.8. The smallest absolute Gasteiger partial charge is 0.312 e. The number of nitrogens with one attached hydrogen (secondary N) is 1. The first-order valence-corrected chi connectivity index (χ1v) is 10.8. The Labute approximate surface area is 183 Å². The number of benzene rings is 1. The van der Waals surface area contributed by atoms with Crippen LogP contribution in [0.25, 0.3) is 11.0 Å². The molecule has 0 radical (unpaired) electrons. The summed E-state index contributed by atoms with van der Waals surface area (Å²) in [6.45, 7) is 1.64. The zero-order valence-corrected chi connectivity index (χ0v) is 17.6. The molecule has 0 saturated carbocycles. The second-order valence-corrected chi connectivity index (χ2v) is 8.34. The van der Waals surface area contributed by atoms with Crippen LogP contribution < -0.4 is 5.32 Å². The van der Waals surface area contributed by atoms with Crippen molar-refractivity contribution in [3.05, 3.63) is 24.3 Å². The van der Waals surface area contributed by atoms with Gasteiger partial charge in [0.15, 0.2) is 0 Å². The largest absolute Gasteiger partial charge is 0.466 e. The van der Waals surface area contributed by atoms with Crippen LogP contribution in [0.1, 0.15) is 19.8 Å². The van der Waals surface area contributed by atoms with E-state index in [1.54, 1.807) is 11.6 Å². The summed E-state index contributed by atoms with van der Waals surface area (Å²) < 4.78 is 13.0. The minimum Gasteiger partial charge on any atom is -0.466 e. The number of amides is 2. The maximum absolute atomic E-state index is 13.4. The van der Waals surface area contributed by atoms with Gasteiger partial charge in [0.1, 0.15) is 23.8 Å². The van der Waals surface area contributed by atoms with Crippen LogP contribution in [0.15, 0.2) is 24.3 Å². The van der Waals surface area contributed by atoms with Gasteiger partial charge in [-0.2, -0.15) is 0 Å². The summed E-state index contributed by atoms with van der Waals surface area (Å²) in [4.78, 5) is 40.7. The van der Waals surface area contributed by atoms with Gasteiger partial charge in [-0.05, 0) is 31.9 Å². The van der Waals surface area contributed by atoms with Gasteiger partial charge in [-0.15, -0.1) is 5.10 Å². The lowest BCUT2D eigenvalue weighted by atomic mass is 9.71. The van der Waals surface area contributed by atoms with Gasteiger partial charge in [0, 0.05) is 6.54 Å². The first-order chi connectivity index (χ1) is 15.5. The third kappa shape index (κ3) is 2.91. The lowest BCUT2D eigenvalue weighted by Gasteiger charge is -2.33. The van der Waals surface area contributed by atoms with E-state index < -0.39 is 41.5 Å².